The standard InChI is InChI=1S/C29H18F3N3S/c30-29(31,32)22-15-26-28(14-21(22)18-3-5-24-20(12-18)8-10-34-24)36-27-13-17(2-6-25(27)35-26)16-1-4-23-19(11-16)7-9-33-23/h1-15,33-35H. The highest BCUT2D eigenvalue weighted by Gasteiger charge is 2.35. The van der Waals surface area contributed by atoms with Gasteiger partial charge in [0.1, 0.15) is 0 Å². The molecule has 3 N–H and O–H groups in total. The molecule has 1 aliphatic heterocycles. The van der Waals surface area contributed by atoms with E-state index < -0.39 is 11.7 Å². The van der Waals surface area contributed by atoms with Crippen LogP contribution in [0.1, 0.15) is 5.56 Å². The van der Waals surface area contributed by atoms with E-state index in [1.165, 1.54) is 17.8 Å². The van der Waals surface area contributed by atoms with Gasteiger partial charge < -0.3 is 15.3 Å². The van der Waals surface area contributed by atoms with Crippen molar-refractivity contribution in [3.63, 3.8) is 0 Å². The molecule has 36 heavy (non-hydrogen) atoms. The van der Waals surface area contributed by atoms with Crippen molar-refractivity contribution >= 4 is 44.9 Å². The average Bonchev–Trinajstić information content (AvgIpc) is 3.54. The fourth-order valence-corrected chi connectivity index (χ4v) is 5.89. The second-order valence-electron chi connectivity index (χ2n) is 8.89. The Morgan fingerprint density at radius 2 is 1.19 bits per heavy atom. The molecular weight excluding hydrogens is 479 g/mol. The van der Waals surface area contributed by atoms with Crippen LogP contribution in [0.3, 0.4) is 0 Å². The molecule has 0 saturated heterocycles. The van der Waals surface area contributed by atoms with Gasteiger partial charge in [-0.25, -0.2) is 0 Å². The van der Waals surface area contributed by atoms with E-state index in [2.05, 4.69) is 39.6 Å². The topological polar surface area (TPSA) is 43.6 Å². The van der Waals surface area contributed by atoms with Gasteiger partial charge in [0.05, 0.1) is 16.9 Å². The van der Waals surface area contributed by atoms with Crippen molar-refractivity contribution in [2.75, 3.05) is 5.32 Å². The van der Waals surface area contributed by atoms with Gasteiger partial charge in [-0.1, -0.05) is 30.0 Å². The molecule has 0 amide bonds. The monoisotopic (exact) mass is 497 g/mol. The molecule has 0 aliphatic carbocycles. The molecule has 0 fully saturated rings. The van der Waals surface area contributed by atoms with Crippen LogP contribution in [0, 0.1) is 0 Å². The number of hydrogen-bond acceptors (Lipinski definition) is 2. The van der Waals surface area contributed by atoms with Crippen molar-refractivity contribution in [1.82, 2.24) is 9.97 Å². The molecule has 7 heteroatoms. The first-order chi connectivity index (χ1) is 17.4. The fourth-order valence-electron chi connectivity index (χ4n) is 4.84. The van der Waals surface area contributed by atoms with E-state index in [4.69, 9.17) is 0 Å². The molecule has 0 saturated carbocycles. The minimum Gasteiger partial charge on any atom is -0.361 e. The van der Waals surface area contributed by atoms with Crippen LogP contribution in [0.2, 0.25) is 0 Å². The Labute approximate surface area is 208 Å². The van der Waals surface area contributed by atoms with Gasteiger partial charge >= 0.3 is 6.18 Å². The van der Waals surface area contributed by atoms with Crippen molar-refractivity contribution in [1.29, 1.82) is 0 Å². The average molecular weight is 498 g/mol. The first-order valence-electron chi connectivity index (χ1n) is 11.4. The van der Waals surface area contributed by atoms with E-state index in [1.54, 1.807) is 24.4 Å². The highest BCUT2D eigenvalue weighted by Crippen LogP contribution is 2.50. The van der Waals surface area contributed by atoms with E-state index in [0.717, 1.165) is 48.4 Å². The van der Waals surface area contributed by atoms with Gasteiger partial charge in [0, 0.05) is 33.2 Å². The number of hydrogen-bond donors (Lipinski definition) is 3. The number of aromatic amines is 2. The lowest BCUT2D eigenvalue weighted by Gasteiger charge is -2.24. The van der Waals surface area contributed by atoms with Gasteiger partial charge in [-0.15, -0.1) is 0 Å². The van der Waals surface area contributed by atoms with Crippen LogP contribution >= 0.6 is 11.8 Å². The molecule has 6 aromatic rings. The molecule has 2 aromatic heterocycles. The molecule has 3 heterocycles. The van der Waals surface area contributed by atoms with Crippen LogP contribution in [0.4, 0.5) is 24.5 Å². The predicted molar refractivity (Wildman–Crippen MR) is 140 cm³/mol. The largest absolute Gasteiger partial charge is 0.417 e. The Morgan fingerprint density at radius 3 is 1.92 bits per heavy atom. The highest BCUT2D eigenvalue weighted by molar-refractivity contribution is 7.99. The van der Waals surface area contributed by atoms with Crippen molar-refractivity contribution in [3.05, 3.63) is 96.8 Å². The van der Waals surface area contributed by atoms with E-state index in [9.17, 15) is 13.2 Å². The van der Waals surface area contributed by atoms with Gasteiger partial charge in [-0.2, -0.15) is 13.2 Å². The maximum atomic E-state index is 14.1. The third-order valence-electron chi connectivity index (χ3n) is 6.65. The predicted octanol–water partition coefficient (Wildman–Crippen LogP) is 9.21. The molecule has 0 atom stereocenters. The van der Waals surface area contributed by atoms with Gasteiger partial charge in [-0.3, -0.25) is 0 Å². The number of fused-ring (bicyclic) bond motifs is 4. The van der Waals surface area contributed by atoms with Crippen LogP contribution < -0.4 is 5.32 Å². The number of H-pyrrole nitrogens is 2. The molecule has 176 valence electrons. The maximum absolute atomic E-state index is 14.1. The Balaban J connectivity index is 1.32. The summed E-state index contributed by atoms with van der Waals surface area (Å²) < 4.78 is 42.4. The Kier molecular flexibility index (Phi) is 4.53. The molecule has 0 bridgehead atoms. The summed E-state index contributed by atoms with van der Waals surface area (Å²) in [6.45, 7) is 0. The molecule has 3 nitrogen and oxygen atoms in total. The molecule has 4 aromatic carbocycles. The summed E-state index contributed by atoms with van der Waals surface area (Å²) in [5.74, 6) is 0. The minimum absolute atomic E-state index is 0.177. The summed E-state index contributed by atoms with van der Waals surface area (Å²) in [6, 6.07) is 24.4. The number of alkyl halides is 3. The first kappa shape index (κ1) is 21.2. The minimum atomic E-state index is -4.48. The number of benzene rings is 4. The number of anilines is 2. The van der Waals surface area contributed by atoms with Crippen LogP contribution in [0.15, 0.2) is 101 Å². The van der Waals surface area contributed by atoms with Crippen molar-refractivity contribution < 1.29 is 13.2 Å². The van der Waals surface area contributed by atoms with E-state index in [1.807, 2.05) is 36.5 Å². The fraction of sp³-hybridized carbons (Fsp3) is 0.0345. The van der Waals surface area contributed by atoms with Crippen molar-refractivity contribution in [2.24, 2.45) is 0 Å². The summed E-state index contributed by atoms with van der Waals surface area (Å²) >= 11 is 1.49. The van der Waals surface area contributed by atoms with E-state index in [-0.39, 0.29) is 5.56 Å². The SMILES string of the molecule is FC(F)(F)c1cc2c(cc1-c1ccc3[nH]ccc3c1)Sc1cc(-c3ccc4[nH]ccc4c3)ccc1N2. The third-order valence-corrected chi connectivity index (χ3v) is 7.76. The molecule has 0 spiro atoms. The van der Waals surface area contributed by atoms with E-state index >= 15 is 0 Å². The van der Waals surface area contributed by atoms with Crippen LogP contribution in [0.5, 0.6) is 0 Å². The quantitative estimate of drug-likeness (QED) is 0.223. The van der Waals surface area contributed by atoms with Gasteiger partial charge in [0.15, 0.2) is 0 Å². The zero-order valence-electron chi connectivity index (χ0n) is 18.7. The second-order valence-corrected chi connectivity index (χ2v) is 9.97. The lowest BCUT2D eigenvalue weighted by atomic mass is 9.97. The van der Waals surface area contributed by atoms with Gasteiger partial charge in [0.2, 0.25) is 0 Å². The Morgan fingerprint density at radius 1 is 0.583 bits per heavy atom. The smallest absolute Gasteiger partial charge is 0.361 e. The number of halogens is 3. The summed E-state index contributed by atoms with van der Waals surface area (Å²) in [7, 11) is 0. The second kappa shape index (κ2) is 7.70. The zero-order chi connectivity index (χ0) is 24.4. The highest BCUT2D eigenvalue weighted by atomic mass is 32.2. The van der Waals surface area contributed by atoms with Crippen LogP contribution in [-0.4, -0.2) is 9.97 Å². The summed E-state index contributed by atoms with van der Waals surface area (Å²) in [5, 5.41) is 5.23. The summed E-state index contributed by atoms with van der Waals surface area (Å²) in [5.41, 5.74) is 5.44. The van der Waals surface area contributed by atoms with Crippen molar-refractivity contribution in [2.45, 2.75) is 16.0 Å². The zero-order valence-corrected chi connectivity index (χ0v) is 19.5. The van der Waals surface area contributed by atoms with Gasteiger partial charge in [-0.05, 0) is 93.7 Å². The molecule has 7 rings (SSSR count). The van der Waals surface area contributed by atoms with Crippen LogP contribution in [0.25, 0.3) is 44.1 Å². The van der Waals surface area contributed by atoms with Crippen molar-refractivity contribution in [3.8, 4) is 22.3 Å². The molecule has 1 aliphatic rings. The normalized spacial score (nSPS) is 13.0. The first-order valence-corrected chi connectivity index (χ1v) is 12.2. The summed E-state index contributed by atoms with van der Waals surface area (Å²) in [6.07, 6.45) is -0.780. The van der Waals surface area contributed by atoms with Crippen LogP contribution in [-0.2, 0) is 6.18 Å². The lowest BCUT2D eigenvalue weighted by Crippen LogP contribution is -2.10. The third kappa shape index (κ3) is 3.46. The maximum Gasteiger partial charge on any atom is 0.417 e. The molecular formula is C29H18F3N3S. The van der Waals surface area contributed by atoms with E-state index in [0.29, 0.717) is 11.3 Å². The lowest BCUT2D eigenvalue weighted by molar-refractivity contribution is -0.137. The molecule has 0 unspecified atom stereocenters. The molecule has 0 radical (unpaired) electrons. The number of aromatic nitrogens is 2. The number of rotatable bonds is 2. The number of nitrogens with one attached hydrogen (secondary N) is 3. The summed E-state index contributed by atoms with van der Waals surface area (Å²) in [4.78, 5) is 8.03. The Bertz CT molecular complexity index is 1800. The Hall–Kier alpha value is -4.10. The van der Waals surface area contributed by atoms with Gasteiger partial charge in [0.25, 0.3) is 0 Å².